The van der Waals surface area contributed by atoms with Crippen molar-refractivity contribution < 1.29 is 4.79 Å². The second kappa shape index (κ2) is 8.07. The first kappa shape index (κ1) is 19.6. The number of hydrogen-bond acceptors (Lipinski definition) is 7. The maximum Gasteiger partial charge on any atom is 0.271 e. The molecule has 1 aliphatic carbocycles. The average molecular weight is 419 g/mol. The van der Waals surface area contributed by atoms with Crippen molar-refractivity contribution in [2.75, 3.05) is 38.1 Å². The van der Waals surface area contributed by atoms with Crippen molar-refractivity contribution in [2.45, 2.75) is 25.3 Å². The molecule has 2 N–H and O–H groups in total. The van der Waals surface area contributed by atoms with Gasteiger partial charge in [-0.2, -0.15) is 0 Å². The van der Waals surface area contributed by atoms with Crippen LogP contribution < -0.4 is 15.8 Å². The quantitative estimate of drug-likeness (QED) is 0.641. The number of rotatable bonds is 5. The molecular weight excluding hydrogens is 394 g/mol. The van der Waals surface area contributed by atoms with Crippen molar-refractivity contribution >= 4 is 22.8 Å². The Labute approximate surface area is 179 Å². The van der Waals surface area contributed by atoms with E-state index in [0.717, 1.165) is 73.5 Å². The van der Waals surface area contributed by atoms with Crippen LogP contribution in [0.15, 0.2) is 35.3 Å². The molecule has 0 radical (unpaired) electrons. The van der Waals surface area contributed by atoms with Gasteiger partial charge in [0.15, 0.2) is 11.5 Å². The monoisotopic (exact) mass is 419 g/mol. The van der Waals surface area contributed by atoms with E-state index in [-0.39, 0.29) is 11.5 Å². The summed E-state index contributed by atoms with van der Waals surface area (Å²) in [5.41, 5.74) is 3.95. The number of aromatic amines is 1. The fourth-order valence-electron chi connectivity index (χ4n) is 4.06. The SMILES string of the molecule is CNC(=O)c1ccc(N2CCN(Cc3cnc4cc(C5CC5)c(=O)[nH]c4c3)CC2)nn1. The van der Waals surface area contributed by atoms with Crippen LogP contribution in [-0.4, -0.2) is 64.2 Å². The molecule has 5 rings (SSSR count). The summed E-state index contributed by atoms with van der Waals surface area (Å²) in [4.78, 5) is 36.1. The summed E-state index contributed by atoms with van der Waals surface area (Å²) in [6.45, 7) is 4.21. The molecule has 2 aliphatic rings. The molecule has 4 heterocycles. The van der Waals surface area contributed by atoms with Crippen LogP contribution >= 0.6 is 0 Å². The molecule has 1 saturated carbocycles. The van der Waals surface area contributed by atoms with Gasteiger partial charge < -0.3 is 15.2 Å². The fourth-order valence-corrected chi connectivity index (χ4v) is 4.06. The summed E-state index contributed by atoms with van der Waals surface area (Å²) in [5.74, 6) is 0.956. The van der Waals surface area contributed by atoms with Gasteiger partial charge in [0.2, 0.25) is 0 Å². The van der Waals surface area contributed by atoms with Crippen LogP contribution in [0.5, 0.6) is 0 Å². The van der Waals surface area contributed by atoms with E-state index in [1.54, 1.807) is 13.1 Å². The third-order valence-electron chi connectivity index (χ3n) is 6.01. The summed E-state index contributed by atoms with van der Waals surface area (Å²) in [7, 11) is 1.57. The highest BCUT2D eigenvalue weighted by Crippen LogP contribution is 2.38. The number of H-pyrrole nitrogens is 1. The zero-order chi connectivity index (χ0) is 21.4. The summed E-state index contributed by atoms with van der Waals surface area (Å²) in [5, 5.41) is 10.8. The Morgan fingerprint density at radius 2 is 1.97 bits per heavy atom. The molecule has 1 amide bonds. The first-order chi connectivity index (χ1) is 15.1. The van der Waals surface area contributed by atoms with Gasteiger partial charge in [-0.25, -0.2) is 0 Å². The molecule has 3 aromatic rings. The Morgan fingerprint density at radius 3 is 2.65 bits per heavy atom. The lowest BCUT2D eigenvalue weighted by molar-refractivity contribution is 0.0957. The Morgan fingerprint density at radius 1 is 1.16 bits per heavy atom. The van der Waals surface area contributed by atoms with E-state index in [9.17, 15) is 9.59 Å². The summed E-state index contributed by atoms with van der Waals surface area (Å²) in [6, 6.07) is 7.52. The minimum atomic E-state index is -0.238. The zero-order valence-corrected chi connectivity index (χ0v) is 17.5. The molecule has 0 spiro atoms. The number of hydrogen-bond donors (Lipinski definition) is 2. The van der Waals surface area contributed by atoms with E-state index in [4.69, 9.17) is 0 Å². The first-order valence-electron chi connectivity index (χ1n) is 10.7. The van der Waals surface area contributed by atoms with Crippen LogP contribution in [0.2, 0.25) is 0 Å². The summed E-state index contributed by atoms with van der Waals surface area (Å²) in [6.07, 6.45) is 4.11. The van der Waals surface area contributed by atoms with Crippen molar-refractivity contribution in [1.82, 2.24) is 30.4 Å². The van der Waals surface area contributed by atoms with Gasteiger partial charge in [0, 0.05) is 51.5 Å². The standard InChI is InChI=1S/C22H25N7O2/c1-23-22(31)17-4-5-20(27-26-17)29-8-6-28(7-9-29)13-14-10-19-18(24-12-14)11-16(15-2-3-15)21(30)25-19/h4-5,10-12,15H,2-3,6-9,13H2,1H3,(H,23,31)(H,25,30). The number of carbonyl (C=O) groups excluding carboxylic acids is 1. The van der Waals surface area contributed by atoms with Gasteiger partial charge in [0.05, 0.1) is 11.0 Å². The number of carbonyl (C=O) groups is 1. The molecule has 160 valence electrons. The molecule has 1 saturated heterocycles. The summed E-state index contributed by atoms with van der Waals surface area (Å²) < 4.78 is 0. The van der Waals surface area contributed by atoms with E-state index in [2.05, 4.69) is 35.3 Å². The van der Waals surface area contributed by atoms with Crippen LogP contribution in [0, 0.1) is 0 Å². The smallest absolute Gasteiger partial charge is 0.271 e. The number of piperazine rings is 1. The van der Waals surface area contributed by atoms with Crippen LogP contribution in [0.25, 0.3) is 11.0 Å². The minimum Gasteiger partial charge on any atom is -0.354 e. The van der Waals surface area contributed by atoms with Crippen molar-refractivity contribution in [3.63, 3.8) is 0 Å². The molecular formula is C22H25N7O2. The van der Waals surface area contributed by atoms with Crippen molar-refractivity contribution in [3.05, 3.63) is 57.6 Å². The molecule has 1 aliphatic heterocycles. The van der Waals surface area contributed by atoms with Gasteiger partial charge >= 0.3 is 0 Å². The maximum atomic E-state index is 12.3. The lowest BCUT2D eigenvalue weighted by atomic mass is 10.1. The van der Waals surface area contributed by atoms with E-state index >= 15 is 0 Å². The topological polar surface area (TPSA) is 107 Å². The maximum absolute atomic E-state index is 12.3. The first-order valence-corrected chi connectivity index (χ1v) is 10.7. The van der Waals surface area contributed by atoms with Gasteiger partial charge in [0.25, 0.3) is 11.5 Å². The number of nitrogens with zero attached hydrogens (tertiary/aromatic N) is 5. The predicted octanol–water partition coefficient (Wildman–Crippen LogP) is 1.27. The highest BCUT2D eigenvalue weighted by Gasteiger charge is 2.26. The third-order valence-corrected chi connectivity index (χ3v) is 6.01. The number of aromatic nitrogens is 4. The molecule has 0 atom stereocenters. The van der Waals surface area contributed by atoms with Gasteiger partial charge in [0.1, 0.15) is 0 Å². The molecule has 0 aromatic carbocycles. The Bertz CT molecular complexity index is 1160. The lowest BCUT2D eigenvalue weighted by Crippen LogP contribution is -2.46. The van der Waals surface area contributed by atoms with Crippen LogP contribution in [0.4, 0.5) is 5.82 Å². The zero-order valence-electron chi connectivity index (χ0n) is 17.5. The minimum absolute atomic E-state index is 0.0195. The molecule has 9 heteroatoms. The molecule has 9 nitrogen and oxygen atoms in total. The normalized spacial score (nSPS) is 17.1. The number of nitrogens with one attached hydrogen (secondary N) is 2. The largest absolute Gasteiger partial charge is 0.354 e. The molecule has 2 fully saturated rings. The number of anilines is 1. The van der Waals surface area contributed by atoms with Gasteiger partial charge in [-0.15, -0.1) is 10.2 Å². The lowest BCUT2D eigenvalue weighted by Gasteiger charge is -2.35. The van der Waals surface area contributed by atoms with Gasteiger partial charge in [-0.1, -0.05) is 0 Å². The highest BCUT2D eigenvalue weighted by molar-refractivity contribution is 5.91. The van der Waals surface area contributed by atoms with Crippen molar-refractivity contribution in [1.29, 1.82) is 0 Å². The number of amides is 1. The molecule has 0 unspecified atom stereocenters. The molecule has 3 aromatic heterocycles. The molecule has 0 bridgehead atoms. The van der Waals surface area contributed by atoms with Crippen molar-refractivity contribution in [3.8, 4) is 0 Å². The second-order valence-electron chi connectivity index (χ2n) is 8.22. The van der Waals surface area contributed by atoms with E-state index in [1.165, 1.54) is 0 Å². The van der Waals surface area contributed by atoms with Gasteiger partial charge in [-0.3, -0.25) is 19.5 Å². The number of pyridine rings is 2. The van der Waals surface area contributed by atoms with Crippen molar-refractivity contribution in [2.24, 2.45) is 0 Å². The predicted molar refractivity (Wildman–Crippen MR) is 117 cm³/mol. The van der Waals surface area contributed by atoms with E-state index in [0.29, 0.717) is 11.6 Å². The fraction of sp³-hybridized carbons (Fsp3) is 0.409. The second-order valence-corrected chi connectivity index (χ2v) is 8.22. The van der Waals surface area contributed by atoms with Crippen LogP contribution in [0.1, 0.15) is 40.4 Å². The van der Waals surface area contributed by atoms with Crippen LogP contribution in [-0.2, 0) is 6.54 Å². The van der Waals surface area contributed by atoms with E-state index < -0.39 is 0 Å². The Hall–Kier alpha value is -3.33. The third kappa shape index (κ3) is 4.13. The molecule has 31 heavy (non-hydrogen) atoms. The van der Waals surface area contributed by atoms with E-state index in [1.807, 2.05) is 24.4 Å². The Balaban J connectivity index is 1.22. The Kier molecular flexibility index (Phi) is 5.11. The number of fused-ring (bicyclic) bond motifs is 1. The van der Waals surface area contributed by atoms with Crippen LogP contribution in [0.3, 0.4) is 0 Å². The highest BCUT2D eigenvalue weighted by atomic mass is 16.1. The average Bonchev–Trinajstić information content (AvgIpc) is 3.64. The summed E-state index contributed by atoms with van der Waals surface area (Å²) >= 11 is 0. The van der Waals surface area contributed by atoms with Gasteiger partial charge in [-0.05, 0) is 48.6 Å².